The maximum Gasteiger partial charge on any atom is 0.247 e. The topological polar surface area (TPSA) is 89.4 Å². The summed E-state index contributed by atoms with van der Waals surface area (Å²) in [6, 6.07) is 23.4. The van der Waals surface area contributed by atoms with Crippen LogP contribution in [0.2, 0.25) is 0 Å². The van der Waals surface area contributed by atoms with Gasteiger partial charge in [0, 0.05) is 36.0 Å². The monoisotopic (exact) mass is 383 g/mol. The van der Waals surface area contributed by atoms with Crippen molar-refractivity contribution in [1.29, 1.82) is 0 Å². The Balaban J connectivity index is 1.84. The predicted octanol–water partition coefficient (Wildman–Crippen LogP) is 3.18. The van der Waals surface area contributed by atoms with Crippen molar-refractivity contribution < 1.29 is 9.59 Å². The zero-order chi connectivity index (χ0) is 20.4. The molecule has 144 valence electrons. The predicted molar refractivity (Wildman–Crippen MR) is 113 cm³/mol. The van der Waals surface area contributed by atoms with E-state index in [1.807, 2.05) is 72.8 Å². The number of rotatable bonds is 5. The molecule has 0 aromatic heterocycles. The molecular formula is C24H21N3O2. The second-order valence-electron chi connectivity index (χ2n) is 7.06. The van der Waals surface area contributed by atoms with Crippen LogP contribution in [-0.2, 0) is 16.1 Å². The number of hydrogen-bond donors (Lipinski definition) is 2. The molecule has 3 aromatic rings. The molecule has 0 fully saturated rings. The van der Waals surface area contributed by atoms with E-state index in [0.29, 0.717) is 17.7 Å². The fraction of sp³-hybridized carbons (Fsp3) is 0.0833. The number of benzene rings is 3. The van der Waals surface area contributed by atoms with Crippen LogP contribution in [0, 0.1) is 0 Å². The van der Waals surface area contributed by atoms with E-state index in [1.165, 1.54) is 0 Å². The van der Waals surface area contributed by atoms with Gasteiger partial charge in [0.25, 0.3) is 0 Å². The molecule has 1 aliphatic rings. The van der Waals surface area contributed by atoms with E-state index in [1.54, 1.807) is 17.3 Å². The van der Waals surface area contributed by atoms with Crippen LogP contribution in [0.1, 0.15) is 17.0 Å². The van der Waals surface area contributed by atoms with Crippen molar-refractivity contribution in [2.75, 3.05) is 0 Å². The molecule has 0 radical (unpaired) electrons. The van der Waals surface area contributed by atoms with Gasteiger partial charge in [-0.05, 0) is 21.9 Å². The Morgan fingerprint density at radius 1 is 0.759 bits per heavy atom. The number of nitrogens with two attached hydrogens (primary N) is 2. The summed E-state index contributed by atoms with van der Waals surface area (Å²) in [5.74, 6) is -1.76. The fourth-order valence-corrected chi connectivity index (χ4v) is 3.85. The van der Waals surface area contributed by atoms with Gasteiger partial charge in [0.15, 0.2) is 0 Å². The minimum atomic E-state index is -0.608. The number of carbonyl (C=O) groups is 2. The number of fused-ring (bicyclic) bond motifs is 1. The van der Waals surface area contributed by atoms with Crippen LogP contribution in [0.25, 0.3) is 10.8 Å². The zero-order valence-corrected chi connectivity index (χ0v) is 15.8. The maximum atomic E-state index is 12.4. The van der Waals surface area contributed by atoms with Gasteiger partial charge >= 0.3 is 0 Å². The second kappa shape index (κ2) is 7.64. The number of amides is 2. The molecule has 5 nitrogen and oxygen atoms in total. The van der Waals surface area contributed by atoms with E-state index >= 15 is 0 Å². The average molecular weight is 383 g/mol. The molecule has 0 atom stereocenters. The lowest BCUT2D eigenvalue weighted by Gasteiger charge is -2.30. The molecule has 3 aromatic carbocycles. The first-order valence-electron chi connectivity index (χ1n) is 9.35. The molecule has 29 heavy (non-hydrogen) atoms. The van der Waals surface area contributed by atoms with Crippen molar-refractivity contribution in [1.82, 2.24) is 4.90 Å². The van der Waals surface area contributed by atoms with Gasteiger partial charge in [0.2, 0.25) is 11.8 Å². The van der Waals surface area contributed by atoms with Gasteiger partial charge in [0.05, 0.1) is 0 Å². The fourth-order valence-electron chi connectivity index (χ4n) is 3.85. The van der Waals surface area contributed by atoms with E-state index in [9.17, 15) is 9.59 Å². The Hall–Kier alpha value is -3.86. The van der Waals surface area contributed by atoms with Crippen LogP contribution in [-0.4, -0.2) is 16.7 Å². The standard InChI is InChI=1S/C24H21N3O2/c25-23(28)20-14-27(13-16-7-2-1-3-8-16)15-21(24(26)29)22(20)19-12-6-10-17-9-4-5-11-18(17)19/h1-12,14-15,22H,13H2,(H2,25,28)(H2,26,29). The third kappa shape index (κ3) is 3.62. The van der Waals surface area contributed by atoms with Crippen LogP contribution in [0.4, 0.5) is 0 Å². The van der Waals surface area contributed by atoms with E-state index < -0.39 is 17.7 Å². The van der Waals surface area contributed by atoms with Crippen molar-refractivity contribution in [3.05, 3.63) is 107 Å². The van der Waals surface area contributed by atoms with Gasteiger partial charge < -0.3 is 16.4 Å². The normalized spacial score (nSPS) is 14.4. The first-order chi connectivity index (χ1) is 14.0. The highest BCUT2D eigenvalue weighted by Crippen LogP contribution is 2.39. The van der Waals surface area contributed by atoms with Gasteiger partial charge in [-0.1, -0.05) is 72.8 Å². The molecular weight excluding hydrogens is 362 g/mol. The highest BCUT2D eigenvalue weighted by Gasteiger charge is 2.33. The highest BCUT2D eigenvalue weighted by atomic mass is 16.1. The lowest BCUT2D eigenvalue weighted by atomic mass is 9.80. The minimum Gasteiger partial charge on any atom is -0.366 e. The summed E-state index contributed by atoms with van der Waals surface area (Å²) in [5.41, 5.74) is 14.0. The molecule has 4 rings (SSSR count). The molecule has 0 unspecified atom stereocenters. The Kier molecular flexibility index (Phi) is 4.87. The minimum absolute atomic E-state index is 0.341. The Bertz CT molecular complexity index is 1110. The second-order valence-corrected chi connectivity index (χ2v) is 7.06. The van der Waals surface area contributed by atoms with Crippen LogP contribution in [0.15, 0.2) is 96.3 Å². The van der Waals surface area contributed by atoms with Gasteiger partial charge in [-0.25, -0.2) is 0 Å². The number of carbonyl (C=O) groups excluding carboxylic acids is 2. The molecule has 0 aliphatic carbocycles. The van der Waals surface area contributed by atoms with E-state index in [-0.39, 0.29) is 0 Å². The molecule has 2 amide bonds. The number of primary amides is 2. The highest BCUT2D eigenvalue weighted by molar-refractivity contribution is 6.03. The Labute approximate surface area is 168 Å². The first-order valence-corrected chi connectivity index (χ1v) is 9.35. The summed E-state index contributed by atoms with van der Waals surface area (Å²) in [6.45, 7) is 0.497. The SMILES string of the molecule is NC(=O)C1=CN(Cc2ccccc2)C=C(C(N)=O)C1c1cccc2ccccc12. The third-order valence-electron chi connectivity index (χ3n) is 5.14. The molecule has 1 aliphatic heterocycles. The summed E-state index contributed by atoms with van der Waals surface area (Å²) in [4.78, 5) is 26.6. The largest absolute Gasteiger partial charge is 0.366 e. The molecule has 1 heterocycles. The Morgan fingerprint density at radius 3 is 2.00 bits per heavy atom. The summed E-state index contributed by atoms with van der Waals surface area (Å²) >= 11 is 0. The molecule has 0 saturated carbocycles. The van der Waals surface area contributed by atoms with Gasteiger partial charge in [-0.15, -0.1) is 0 Å². The molecule has 0 spiro atoms. The third-order valence-corrected chi connectivity index (χ3v) is 5.14. The maximum absolute atomic E-state index is 12.4. The summed E-state index contributed by atoms with van der Waals surface area (Å²) in [6.07, 6.45) is 3.43. The van der Waals surface area contributed by atoms with Gasteiger partial charge in [0.1, 0.15) is 0 Å². The average Bonchev–Trinajstić information content (AvgIpc) is 2.73. The number of hydrogen-bond acceptors (Lipinski definition) is 3. The van der Waals surface area contributed by atoms with Crippen LogP contribution in [0.3, 0.4) is 0 Å². The number of nitrogens with zero attached hydrogens (tertiary/aromatic N) is 1. The van der Waals surface area contributed by atoms with E-state index in [4.69, 9.17) is 11.5 Å². The lowest BCUT2D eigenvalue weighted by molar-refractivity contribution is -0.115. The van der Waals surface area contributed by atoms with E-state index in [2.05, 4.69) is 0 Å². The Morgan fingerprint density at radius 2 is 1.34 bits per heavy atom. The van der Waals surface area contributed by atoms with Crippen molar-refractivity contribution in [3.63, 3.8) is 0 Å². The lowest BCUT2D eigenvalue weighted by Crippen LogP contribution is -2.32. The van der Waals surface area contributed by atoms with Crippen molar-refractivity contribution >= 4 is 22.6 Å². The first kappa shape index (κ1) is 18.5. The molecule has 0 saturated heterocycles. The quantitative estimate of drug-likeness (QED) is 0.709. The summed E-state index contributed by atoms with van der Waals surface area (Å²) in [5, 5.41) is 1.97. The van der Waals surface area contributed by atoms with Crippen molar-refractivity contribution in [2.45, 2.75) is 12.5 Å². The molecule has 5 heteroatoms. The molecule has 0 bridgehead atoms. The van der Waals surface area contributed by atoms with E-state index in [0.717, 1.165) is 21.9 Å². The van der Waals surface area contributed by atoms with Gasteiger partial charge in [-0.2, -0.15) is 0 Å². The molecule has 4 N–H and O–H groups in total. The van der Waals surface area contributed by atoms with Crippen LogP contribution >= 0.6 is 0 Å². The van der Waals surface area contributed by atoms with Crippen LogP contribution in [0.5, 0.6) is 0 Å². The van der Waals surface area contributed by atoms with Crippen molar-refractivity contribution in [2.24, 2.45) is 11.5 Å². The zero-order valence-electron chi connectivity index (χ0n) is 15.8. The summed E-state index contributed by atoms with van der Waals surface area (Å²) in [7, 11) is 0. The van der Waals surface area contributed by atoms with Crippen LogP contribution < -0.4 is 11.5 Å². The van der Waals surface area contributed by atoms with Gasteiger partial charge in [-0.3, -0.25) is 9.59 Å². The van der Waals surface area contributed by atoms with Crippen molar-refractivity contribution in [3.8, 4) is 0 Å². The summed E-state index contributed by atoms with van der Waals surface area (Å²) < 4.78 is 0. The smallest absolute Gasteiger partial charge is 0.247 e.